The Balaban J connectivity index is 2.16. The molecule has 112 valence electrons. The molecular weight excluding hydrogens is 274 g/mol. The van der Waals surface area contributed by atoms with Gasteiger partial charge in [-0.1, -0.05) is 0 Å². The van der Waals surface area contributed by atoms with Crippen LogP contribution < -0.4 is 21.5 Å². The van der Waals surface area contributed by atoms with E-state index in [4.69, 9.17) is 5.84 Å². The standard InChI is InChI=1S/C12H23N7S/c1-3-19(4-2)12-16-10(15-11(17-12)18-13)14-9-5-7-20-8-6-9/h9H,3-8,13H2,1-2H3,(H2,14,15,16,17,18). The van der Waals surface area contributed by atoms with Gasteiger partial charge in [-0.05, 0) is 38.2 Å². The average molecular weight is 297 g/mol. The van der Waals surface area contributed by atoms with E-state index in [1.54, 1.807) is 0 Å². The number of thioether (sulfide) groups is 1. The van der Waals surface area contributed by atoms with Gasteiger partial charge in [-0.2, -0.15) is 26.7 Å². The summed E-state index contributed by atoms with van der Waals surface area (Å²) in [6.07, 6.45) is 2.28. The Labute approximate surface area is 124 Å². The highest BCUT2D eigenvalue weighted by Gasteiger charge is 2.16. The third kappa shape index (κ3) is 3.86. The van der Waals surface area contributed by atoms with E-state index in [2.05, 4.69) is 44.4 Å². The minimum Gasteiger partial charge on any atom is -0.351 e. The van der Waals surface area contributed by atoms with E-state index >= 15 is 0 Å². The number of nitrogens with two attached hydrogens (primary N) is 1. The maximum absolute atomic E-state index is 5.45. The summed E-state index contributed by atoms with van der Waals surface area (Å²) in [6.45, 7) is 5.86. The van der Waals surface area contributed by atoms with Crippen molar-refractivity contribution in [3.63, 3.8) is 0 Å². The largest absolute Gasteiger partial charge is 0.351 e. The van der Waals surface area contributed by atoms with E-state index in [0.29, 0.717) is 23.9 Å². The van der Waals surface area contributed by atoms with Crippen molar-refractivity contribution in [2.24, 2.45) is 5.84 Å². The smallest absolute Gasteiger partial charge is 0.243 e. The van der Waals surface area contributed by atoms with Gasteiger partial charge in [0, 0.05) is 19.1 Å². The summed E-state index contributed by atoms with van der Waals surface area (Å²) < 4.78 is 0. The van der Waals surface area contributed by atoms with Crippen molar-refractivity contribution < 1.29 is 0 Å². The molecule has 0 atom stereocenters. The predicted molar refractivity (Wildman–Crippen MR) is 85.2 cm³/mol. The zero-order valence-corrected chi connectivity index (χ0v) is 12.9. The summed E-state index contributed by atoms with van der Waals surface area (Å²) >= 11 is 2.00. The first-order chi connectivity index (χ1) is 9.76. The highest BCUT2D eigenvalue weighted by molar-refractivity contribution is 7.99. The SMILES string of the molecule is CCN(CC)c1nc(NN)nc(NC2CCSCC2)n1. The molecule has 1 aliphatic rings. The molecule has 1 saturated heterocycles. The van der Waals surface area contributed by atoms with E-state index in [-0.39, 0.29) is 0 Å². The Bertz CT molecular complexity index is 418. The Kier molecular flexibility index (Phi) is 5.66. The summed E-state index contributed by atoms with van der Waals surface area (Å²) in [5.41, 5.74) is 2.52. The first kappa shape index (κ1) is 15.1. The Morgan fingerprint density at radius 3 is 2.40 bits per heavy atom. The summed E-state index contributed by atoms with van der Waals surface area (Å²) in [5, 5.41) is 3.40. The van der Waals surface area contributed by atoms with Crippen LogP contribution in [-0.4, -0.2) is 45.6 Å². The summed E-state index contributed by atoms with van der Waals surface area (Å²) in [6, 6.07) is 0.439. The fourth-order valence-corrected chi connectivity index (χ4v) is 3.27. The number of anilines is 3. The van der Waals surface area contributed by atoms with Crippen molar-refractivity contribution >= 4 is 29.6 Å². The topological polar surface area (TPSA) is 92.0 Å². The van der Waals surface area contributed by atoms with Crippen LogP contribution in [0.3, 0.4) is 0 Å². The second-order valence-electron chi connectivity index (χ2n) is 4.63. The second-order valence-corrected chi connectivity index (χ2v) is 5.85. The van der Waals surface area contributed by atoms with Crippen LogP contribution in [-0.2, 0) is 0 Å². The number of nitrogens with one attached hydrogen (secondary N) is 2. The van der Waals surface area contributed by atoms with Gasteiger partial charge in [0.1, 0.15) is 0 Å². The zero-order valence-electron chi connectivity index (χ0n) is 12.1. The van der Waals surface area contributed by atoms with E-state index < -0.39 is 0 Å². The molecule has 4 N–H and O–H groups in total. The van der Waals surface area contributed by atoms with Crippen molar-refractivity contribution in [1.29, 1.82) is 0 Å². The molecule has 1 aromatic rings. The van der Waals surface area contributed by atoms with Crippen molar-refractivity contribution in [3.05, 3.63) is 0 Å². The van der Waals surface area contributed by atoms with Gasteiger partial charge in [0.05, 0.1) is 0 Å². The van der Waals surface area contributed by atoms with Crippen LogP contribution in [0.2, 0.25) is 0 Å². The van der Waals surface area contributed by atoms with Crippen LogP contribution in [0.5, 0.6) is 0 Å². The van der Waals surface area contributed by atoms with Gasteiger partial charge >= 0.3 is 0 Å². The van der Waals surface area contributed by atoms with Crippen LogP contribution in [0, 0.1) is 0 Å². The first-order valence-corrected chi connectivity index (χ1v) is 8.24. The Morgan fingerprint density at radius 2 is 1.80 bits per heavy atom. The molecule has 20 heavy (non-hydrogen) atoms. The molecule has 8 heteroatoms. The quantitative estimate of drug-likeness (QED) is 0.535. The highest BCUT2D eigenvalue weighted by Crippen LogP contribution is 2.21. The lowest BCUT2D eigenvalue weighted by molar-refractivity contribution is 0.658. The normalized spacial score (nSPS) is 15.9. The second kappa shape index (κ2) is 7.49. The van der Waals surface area contributed by atoms with E-state index in [1.165, 1.54) is 11.5 Å². The van der Waals surface area contributed by atoms with Crippen LogP contribution >= 0.6 is 11.8 Å². The summed E-state index contributed by atoms with van der Waals surface area (Å²) in [5.74, 6) is 9.49. The predicted octanol–water partition coefficient (Wildman–Crippen LogP) is 1.31. The molecule has 0 aliphatic carbocycles. The number of hydrogen-bond acceptors (Lipinski definition) is 8. The van der Waals surface area contributed by atoms with Gasteiger partial charge in [-0.15, -0.1) is 0 Å². The van der Waals surface area contributed by atoms with Gasteiger partial charge in [0.2, 0.25) is 17.8 Å². The molecule has 0 aromatic carbocycles. The molecule has 0 radical (unpaired) electrons. The van der Waals surface area contributed by atoms with E-state index in [1.807, 2.05) is 11.8 Å². The van der Waals surface area contributed by atoms with Gasteiger partial charge in [-0.3, -0.25) is 5.43 Å². The molecular formula is C12H23N7S. The Hall–Kier alpha value is -1.28. The maximum Gasteiger partial charge on any atom is 0.243 e. The molecule has 0 bridgehead atoms. The fourth-order valence-electron chi connectivity index (χ4n) is 2.17. The zero-order chi connectivity index (χ0) is 14.4. The van der Waals surface area contributed by atoms with Crippen LogP contribution in [0.15, 0.2) is 0 Å². The molecule has 7 nitrogen and oxygen atoms in total. The summed E-state index contributed by atoms with van der Waals surface area (Å²) in [4.78, 5) is 15.2. The van der Waals surface area contributed by atoms with Gasteiger partial charge in [0.25, 0.3) is 0 Å². The number of nitrogens with zero attached hydrogens (tertiary/aromatic N) is 4. The van der Waals surface area contributed by atoms with Crippen molar-refractivity contribution in [3.8, 4) is 0 Å². The van der Waals surface area contributed by atoms with Gasteiger partial charge in [0.15, 0.2) is 0 Å². The van der Waals surface area contributed by atoms with Crippen LogP contribution in [0.4, 0.5) is 17.8 Å². The number of hydrogen-bond donors (Lipinski definition) is 3. The molecule has 1 aromatic heterocycles. The monoisotopic (exact) mass is 297 g/mol. The maximum atomic E-state index is 5.45. The lowest BCUT2D eigenvalue weighted by Crippen LogP contribution is -2.29. The van der Waals surface area contributed by atoms with E-state index in [9.17, 15) is 0 Å². The molecule has 1 aliphatic heterocycles. The van der Waals surface area contributed by atoms with Crippen molar-refractivity contribution in [2.75, 3.05) is 40.2 Å². The van der Waals surface area contributed by atoms with Crippen molar-refractivity contribution in [1.82, 2.24) is 15.0 Å². The molecule has 0 amide bonds. The Morgan fingerprint density at radius 1 is 1.15 bits per heavy atom. The number of nitrogen functional groups attached to an aromatic ring is 1. The first-order valence-electron chi connectivity index (χ1n) is 7.08. The molecule has 0 saturated carbocycles. The number of hydrazine groups is 1. The summed E-state index contributed by atoms with van der Waals surface area (Å²) in [7, 11) is 0. The fraction of sp³-hybridized carbons (Fsp3) is 0.750. The highest BCUT2D eigenvalue weighted by atomic mass is 32.2. The number of rotatable bonds is 6. The van der Waals surface area contributed by atoms with Crippen LogP contribution in [0.25, 0.3) is 0 Å². The van der Waals surface area contributed by atoms with Crippen molar-refractivity contribution in [2.45, 2.75) is 32.7 Å². The van der Waals surface area contributed by atoms with Crippen LogP contribution in [0.1, 0.15) is 26.7 Å². The molecule has 0 spiro atoms. The molecule has 2 heterocycles. The van der Waals surface area contributed by atoms with E-state index in [0.717, 1.165) is 25.9 Å². The third-order valence-electron chi connectivity index (χ3n) is 3.35. The minimum absolute atomic E-state index is 0.398. The van der Waals surface area contributed by atoms with Gasteiger partial charge < -0.3 is 10.2 Å². The average Bonchev–Trinajstić information content (AvgIpc) is 2.49. The molecule has 1 fully saturated rings. The lowest BCUT2D eigenvalue weighted by Gasteiger charge is -2.24. The lowest BCUT2D eigenvalue weighted by atomic mass is 10.2. The minimum atomic E-state index is 0.398. The van der Waals surface area contributed by atoms with Gasteiger partial charge in [-0.25, -0.2) is 5.84 Å². The molecule has 2 rings (SSSR count). The molecule has 0 unspecified atom stereocenters. The third-order valence-corrected chi connectivity index (χ3v) is 4.40. The number of aromatic nitrogens is 3.